The van der Waals surface area contributed by atoms with Gasteiger partial charge in [-0.1, -0.05) is 0 Å². The maximum Gasteiger partial charge on any atom is 0.390 e. The van der Waals surface area contributed by atoms with Crippen molar-refractivity contribution in [3.63, 3.8) is 0 Å². The van der Waals surface area contributed by atoms with Gasteiger partial charge in [0.25, 0.3) is 0 Å². The summed E-state index contributed by atoms with van der Waals surface area (Å²) in [5.41, 5.74) is 5.42. The summed E-state index contributed by atoms with van der Waals surface area (Å²) in [7, 11) is 1.44. The molecule has 102 valence electrons. The Bertz CT molecular complexity index is 398. The largest absolute Gasteiger partial charge is 0.464 e. The second-order valence-electron chi connectivity index (χ2n) is 3.50. The minimum absolute atomic E-state index is 0.00106. The van der Waals surface area contributed by atoms with Crippen LogP contribution in [0.2, 0.25) is 0 Å². The molecular weight excluding hydrogens is 251 g/mol. The van der Waals surface area contributed by atoms with E-state index in [0.717, 1.165) is 0 Å². The van der Waals surface area contributed by atoms with Crippen LogP contribution in [0.1, 0.15) is 13.3 Å². The first-order valence-electron chi connectivity index (χ1n) is 5.24. The van der Waals surface area contributed by atoms with Gasteiger partial charge in [-0.15, -0.1) is 0 Å². The third-order valence-corrected chi connectivity index (χ3v) is 1.97. The van der Waals surface area contributed by atoms with Crippen molar-refractivity contribution in [3.8, 4) is 6.01 Å². The number of ether oxygens (including phenoxy) is 1. The summed E-state index contributed by atoms with van der Waals surface area (Å²) in [4.78, 5) is 12.6. The highest BCUT2D eigenvalue weighted by Crippen LogP contribution is 2.21. The molecule has 9 heteroatoms. The molecule has 0 radical (unpaired) electrons. The Morgan fingerprint density at radius 3 is 2.50 bits per heavy atom. The molecule has 1 aromatic heterocycles. The zero-order valence-corrected chi connectivity index (χ0v) is 10.0. The summed E-state index contributed by atoms with van der Waals surface area (Å²) in [6, 6.07) is -0.00106. The van der Waals surface area contributed by atoms with Crippen molar-refractivity contribution in [2.75, 3.05) is 30.8 Å². The lowest BCUT2D eigenvalue weighted by atomic mass is 10.4. The predicted octanol–water partition coefficient (Wildman–Crippen LogP) is 1.24. The Morgan fingerprint density at radius 2 is 1.94 bits per heavy atom. The van der Waals surface area contributed by atoms with E-state index in [-0.39, 0.29) is 24.5 Å². The summed E-state index contributed by atoms with van der Waals surface area (Å²) < 4.78 is 41.3. The van der Waals surface area contributed by atoms with Gasteiger partial charge in [-0.2, -0.15) is 28.1 Å². The predicted molar refractivity (Wildman–Crippen MR) is 59.4 cm³/mol. The molecule has 0 unspecified atom stereocenters. The molecule has 1 heterocycles. The van der Waals surface area contributed by atoms with Crippen LogP contribution in [0.5, 0.6) is 6.01 Å². The quantitative estimate of drug-likeness (QED) is 0.863. The first-order chi connectivity index (χ1) is 8.31. The molecule has 0 aliphatic heterocycles. The van der Waals surface area contributed by atoms with Crippen molar-refractivity contribution in [2.24, 2.45) is 0 Å². The highest BCUT2D eigenvalue weighted by molar-refractivity contribution is 5.34. The fourth-order valence-electron chi connectivity index (χ4n) is 1.12. The topological polar surface area (TPSA) is 77.2 Å². The number of halogens is 3. The minimum Gasteiger partial charge on any atom is -0.464 e. The van der Waals surface area contributed by atoms with E-state index in [1.54, 1.807) is 6.92 Å². The second kappa shape index (κ2) is 5.69. The van der Waals surface area contributed by atoms with Crippen LogP contribution in [0.4, 0.5) is 25.1 Å². The Balaban J connectivity index is 2.75. The summed E-state index contributed by atoms with van der Waals surface area (Å²) in [6.07, 6.45) is -5.19. The normalized spacial score (nSPS) is 11.4. The van der Waals surface area contributed by atoms with E-state index in [1.807, 2.05) is 0 Å². The van der Waals surface area contributed by atoms with E-state index in [0.29, 0.717) is 6.61 Å². The second-order valence-corrected chi connectivity index (χ2v) is 3.50. The Morgan fingerprint density at radius 1 is 1.28 bits per heavy atom. The molecule has 6 nitrogen and oxygen atoms in total. The number of hydrogen-bond donors (Lipinski definition) is 1. The minimum atomic E-state index is -4.23. The molecule has 0 aromatic carbocycles. The number of anilines is 2. The van der Waals surface area contributed by atoms with Crippen molar-refractivity contribution in [1.82, 2.24) is 15.0 Å². The summed E-state index contributed by atoms with van der Waals surface area (Å²) >= 11 is 0. The fourth-order valence-corrected chi connectivity index (χ4v) is 1.12. The highest BCUT2D eigenvalue weighted by Gasteiger charge is 2.27. The van der Waals surface area contributed by atoms with Crippen LogP contribution >= 0.6 is 0 Å². The van der Waals surface area contributed by atoms with Crippen LogP contribution in [0.15, 0.2) is 0 Å². The third kappa shape index (κ3) is 4.60. The van der Waals surface area contributed by atoms with E-state index in [2.05, 4.69) is 15.0 Å². The van der Waals surface area contributed by atoms with Crippen LogP contribution in [0.3, 0.4) is 0 Å². The lowest BCUT2D eigenvalue weighted by molar-refractivity contribution is -0.132. The van der Waals surface area contributed by atoms with Gasteiger partial charge in [0.1, 0.15) is 0 Å². The van der Waals surface area contributed by atoms with Crippen LogP contribution in [0.25, 0.3) is 0 Å². The van der Waals surface area contributed by atoms with Crippen molar-refractivity contribution >= 4 is 11.9 Å². The van der Waals surface area contributed by atoms with Gasteiger partial charge in [0.2, 0.25) is 11.9 Å². The van der Waals surface area contributed by atoms with Crippen molar-refractivity contribution in [1.29, 1.82) is 0 Å². The van der Waals surface area contributed by atoms with Gasteiger partial charge in [0.15, 0.2) is 0 Å². The maximum atomic E-state index is 12.1. The number of rotatable bonds is 5. The number of nitrogens with zero attached hydrogens (tertiary/aromatic N) is 4. The number of hydrogen-bond acceptors (Lipinski definition) is 6. The average Bonchev–Trinajstić information content (AvgIpc) is 2.24. The molecule has 0 bridgehead atoms. The number of aromatic nitrogens is 3. The third-order valence-electron chi connectivity index (χ3n) is 1.97. The molecule has 0 amide bonds. The first-order valence-corrected chi connectivity index (χ1v) is 5.24. The van der Waals surface area contributed by atoms with Gasteiger partial charge in [-0.25, -0.2) is 0 Å². The van der Waals surface area contributed by atoms with Gasteiger partial charge < -0.3 is 15.4 Å². The monoisotopic (exact) mass is 265 g/mol. The highest BCUT2D eigenvalue weighted by atomic mass is 19.4. The zero-order valence-electron chi connectivity index (χ0n) is 10.0. The van der Waals surface area contributed by atoms with E-state index >= 15 is 0 Å². The summed E-state index contributed by atoms with van der Waals surface area (Å²) in [5, 5.41) is 0. The number of alkyl halides is 3. The molecule has 0 spiro atoms. The van der Waals surface area contributed by atoms with E-state index < -0.39 is 12.6 Å². The molecule has 18 heavy (non-hydrogen) atoms. The smallest absolute Gasteiger partial charge is 0.390 e. The summed E-state index contributed by atoms with van der Waals surface area (Å²) in [5.74, 6) is -0.0440. The molecule has 0 atom stereocenters. The van der Waals surface area contributed by atoms with Gasteiger partial charge in [0.05, 0.1) is 13.0 Å². The molecule has 0 fully saturated rings. The van der Waals surface area contributed by atoms with Crippen LogP contribution in [-0.4, -0.2) is 41.3 Å². The molecule has 0 aliphatic rings. The Labute approximate surface area is 102 Å². The molecule has 2 N–H and O–H groups in total. The van der Waals surface area contributed by atoms with Crippen LogP contribution in [0, 0.1) is 0 Å². The first kappa shape index (κ1) is 14.3. The van der Waals surface area contributed by atoms with Crippen LogP contribution in [-0.2, 0) is 0 Å². The number of nitrogen functional groups attached to an aromatic ring is 1. The molecule has 1 aromatic rings. The zero-order chi connectivity index (χ0) is 13.8. The average molecular weight is 265 g/mol. The van der Waals surface area contributed by atoms with Gasteiger partial charge in [-0.3, -0.25) is 0 Å². The van der Waals surface area contributed by atoms with E-state index in [4.69, 9.17) is 10.5 Å². The SMILES string of the molecule is CCOc1nc(N)nc(N(C)CCC(F)(F)F)n1. The number of nitrogens with two attached hydrogens (primary N) is 1. The standard InChI is InChI=1S/C9H14F3N5O/c1-3-18-8-15-6(13)14-7(16-8)17(2)5-4-9(10,11)12/h3-5H2,1-2H3,(H2,13,14,15,16). The van der Waals surface area contributed by atoms with Crippen molar-refractivity contribution in [3.05, 3.63) is 0 Å². The molecule has 0 saturated heterocycles. The van der Waals surface area contributed by atoms with Crippen molar-refractivity contribution < 1.29 is 17.9 Å². The lowest BCUT2D eigenvalue weighted by Gasteiger charge is -2.18. The van der Waals surface area contributed by atoms with Gasteiger partial charge in [-0.05, 0) is 6.92 Å². The molecule has 0 saturated carbocycles. The molecule has 1 rings (SSSR count). The Kier molecular flexibility index (Phi) is 4.51. The Hall–Kier alpha value is -1.80. The molecule has 0 aliphatic carbocycles. The van der Waals surface area contributed by atoms with Gasteiger partial charge in [0, 0.05) is 13.6 Å². The lowest BCUT2D eigenvalue weighted by Crippen LogP contribution is -2.26. The van der Waals surface area contributed by atoms with E-state index in [1.165, 1.54) is 11.9 Å². The maximum absolute atomic E-state index is 12.1. The van der Waals surface area contributed by atoms with E-state index in [9.17, 15) is 13.2 Å². The van der Waals surface area contributed by atoms with Crippen LogP contribution < -0.4 is 15.4 Å². The molecular formula is C9H14F3N5O. The van der Waals surface area contributed by atoms with Crippen molar-refractivity contribution in [2.45, 2.75) is 19.5 Å². The van der Waals surface area contributed by atoms with Gasteiger partial charge >= 0.3 is 12.2 Å². The summed E-state index contributed by atoms with van der Waals surface area (Å²) in [6.45, 7) is 1.79. The fraction of sp³-hybridized carbons (Fsp3) is 0.667.